The molecule has 5 heteroatoms. The number of ether oxygens (including phenoxy) is 1. The first-order chi connectivity index (χ1) is 6.36. The molecule has 0 atom stereocenters. The fourth-order valence-electron chi connectivity index (χ4n) is 1.08. The van der Waals surface area contributed by atoms with Gasteiger partial charge >= 0.3 is 0 Å². The number of nitrogens with two attached hydrogens (primary N) is 1. The van der Waals surface area contributed by atoms with E-state index in [1.165, 1.54) is 5.56 Å². The molecule has 0 bridgehead atoms. The molecule has 0 fully saturated rings. The molecule has 0 saturated carbocycles. The molecule has 1 rings (SSSR count). The lowest BCUT2D eigenvalue weighted by Gasteiger charge is -2.04. The van der Waals surface area contributed by atoms with Crippen LogP contribution in [0.2, 0.25) is 0 Å². The van der Waals surface area contributed by atoms with Gasteiger partial charge in [-0.15, -0.1) is 24.8 Å². The maximum atomic E-state index is 5.36. The van der Waals surface area contributed by atoms with Crippen LogP contribution in [-0.2, 0) is 6.54 Å². The minimum atomic E-state index is 0. The standard InChI is InChI=1S/C10H16N2O.2ClH/c1-13-10-4-2-9(3-5-10)8-12-7-6-11;;/h2-5,12H,6-8,11H2,1H3;2*1H. The molecule has 88 valence electrons. The molecule has 3 N–H and O–H groups in total. The summed E-state index contributed by atoms with van der Waals surface area (Å²) in [5.74, 6) is 0.891. The van der Waals surface area contributed by atoms with E-state index in [0.29, 0.717) is 6.54 Å². The van der Waals surface area contributed by atoms with Gasteiger partial charge in [0.05, 0.1) is 7.11 Å². The summed E-state index contributed by atoms with van der Waals surface area (Å²) in [6.07, 6.45) is 0. The van der Waals surface area contributed by atoms with Crippen molar-refractivity contribution in [3.8, 4) is 5.75 Å². The highest BCUT2D eigenvalue weighted by Crippen LogP contribution is 2.10. The number of halogens is 2. The van der Waals surface area contributed by atoms with Crippen LogP contribution in [0.4, 0.5) is 0 Å². The Bertz CT molecular complexity index is 242. The molecule has 0 aliphatic carbocycles. The lowest BCUT2D eigenvalue weighted by atomic mass is 10.2. The van der Waals surface area contributed by atoms with Crippen LogP contribution in [0.25, 0.3) is 0 Å². The second kappa shape index (κ2) is 10.1. The number of rotatable bonds is 5. The van der Waals surface area contributed by atoms with Gasteiger partial charge in [-0.05, 0) is 17.7 Å². The largest absolute Gasteiger partial charge is 0.497 e. The van der Waals surface area contributed by atoms with E-state index in [9.17, 15) is 0 Å². The highest BCUT2D eigenvalue weighted by Gasteiger charge is 1.92. The van der Waals surface area contributed by atoms with Gasteiger partial charge in [0, 0.05) is 19.6 Å². The summed E-state index contributed by atoms with van der Waals surface area (Å²) in [5.41, 5.74) is 6.60. The molecule has 0 radical (unpaired) electrons. The Morgan fingerprint density at radius 2 is 1.80 bits per heavy atom. The number of methoxy groups -OCH3 is 1. The zero-order chi connectivity index (χ0) is 9.52. The normalized spacial score (nSPS) is 8.67. The Hall–Kier alpha value is -0.480. The molecule has 0 spiro atoms. The Labute approximate surface area is 103 Å². The van der Waals surface area contributed by atoms with Crippen molar-refractivity contribution in [1.82, 2.24) is 5.32 Å². The van der Waals surface area contributed by atoms with Gasteiger partial charge in [0.25, 0.3) is 0 Å². The van der Waals surface area contributed by atoms with E-state index < -0.39 is 0 Å². The molecule has 0 aromatic heterocycles. The zero-order valence-corrected chi connectivity index (χ0v) is 10.4. The summed E-state index contributed by atoms with van der Waals surface area (Å²) in [6, 6.07) is 8.00. The minimum absolute atomic E-state index is 0. The van der Waals surface area contributed by atoms with Crippen LogP contribution >= 0.6 is 24.8 Å². The van der Waals surface area contributed by atoms with Gasteiger partial charge in [0.1, 0.15) is 5.75 Å². The van der Waals surface area contributed by atoms with Gasteiger partial charge < -0.3 is 15.8 Å². The Kier molecular flexibility index (Phi) is 11.3. The summed E-state index contributed by atoms with van der Waals surface area (Å²) in [6.45, 7) is 2.39. The first kappa shape index (κ1) is 16.9. The van der Waals surface area contributed by atoms with Crippen molar-refractivity contribution in [3.63, 3.8) is 0 Å². The molecule has 0 unspecified atom stereocenters. The molecule has 0 heterocycles. The lowest BCUT2D eigenvalue weighted by molar-refractivity contribution is 0.414. The highest BCUT2D eigenvalue weighted by molar-refractivity contribution is 5.85. The molecule has 0 aliphatic rings. The van der Waals surface area contributed by atoms with Crippen molar-refractivity contribution in [2.24, 2.45) is 5.73 Å². The van der Waals surface area contributed by atoms with Crippen LogP contribution in [0.3, 0.4) is 0 Å². The first-order valence-electron chi connectivity index (χ1n) is 4.40. The summed E-state index contributed by atoms with van der Waals surface area (Å²) in [7, 11) is 1.67. The second-order valence-corrected chi connectivity index (χ2v) is 2.81. The fraction of sp³-hybridized carbons (Fsp3) is 0.400. The summed E-state index contributed by atoms with van der Waals surface area (Å²) in [4.78, 5) is 0. The van der Waals surface area contributed by atoms with Crippen molar-refractivity contribution in [2.75, 3.05) is 20.2 Å². The van der Waals surface area contributed by atoms with E-state index in [4.69, 9.17) is 10.5 Å². The number of nitrogens with one attached hydrogen (secondary N) is 1. The minimum Gasteiger partial charge on any atom is -0.497 e. The van der Waals surface area contributed by atoms with Crippen molar-refractivity contribution < 1.29 is 4.74 Å². The summed E-state index contributed by atoms with van der Waals surface area (Å²) in [5, 5.41) is 3.22. The molecule has 15 heavy (non-hydrogen) atoms. The van der Waals surface area contributed by atoms with Crippen LogP contribution in [-0.4, -0.2) is 20.2 Å². The third-order valence-corrected chi connectivity index (χ3v) is 1.81. The average Bonchev–Trinajstić information content (AvgIpc) is 2.19. The van der Waals surface area contributed by atoms with Crippen molar-refractivity contribution in [2.45, 2.75) is 6.54 Å². The topological polar surface area (TPSA) is 47.3 Å². The second-order valence-electron chi connectivity index (χ2n) is 2.81. The highest BCUT2D eigenvalue weighted by atomic mass is 35.5. The molecule has 0 aliphatic heterocycles. The third-order valence-electron chi connectivity index (χ3n) is 1.81. The number of hydrogen-bond acceptors (Lipinski definition) is 3. The van der Waals surface area contributed by atoms with Crippen molar-refractivity contribution in [3.05, 3.63) is 29.8 Å². The van der Waals surface area contributed by atoms with E-state index in [-0.39, 0.29) is 24.8 Å². The third kappa shape index (κ3) is 6.57. The fourth-order valence-corrected chi connectivity index (χ4v) is 1.08. The van der Waals surface area contributed by atoms with Crippen molar-refractivity contribution in [1.29, 1.82) is 0 Å². The average molecular weight is 253 g/mol. The number of hydrogen-bond donors (Lipinski definition) is 2. The maximum Gasteiger partial charge on any atom is 0.118 e. The van der Waals surface area contributed by atoms with Gasteiger partial charge in [-0.1, -0.05) is 12.1 Å². The predicted octanol–water partition coefficient (Wildman–Crippen LogP) is 1.59. The molecular weight excluding hydrogens is 235 g/mol. The number of benzene rings is 1. The van der Waals surface area contributed by atoms with Crippen LogP contribution in [0.5, 0.6) is 5.75 Å². The van der Waals surface area contributed by atoms with Crippen LogP contribution in [0, 0.1) is 0 Å². The Morgan fingerprint density at radius 3 is 2.27 bits per heavy atom. The Balaban J connectivity index is 0. The lowest BCUT2D eigenvalue weighted by Crippen LogP contribution is -2.21. The van der Waals surface area contributed by atoms with E-state index >= 15 is 0 Å². The molecule has 1 aromatic carbocycles. The maximum absolute atomic E-state index is 5.36. The van der Waals surface area contributed by atoms with Gasteiger partial charge in [-0.2, -0.15) is 0 Å². The monoisotopic (exact) mass is 252 g/mol. The van der Waals surface area contributed by atoms with Gasteiger partial charge in [0.2, 0.25) is 0 Å². The van der Waals surface area contributed by atoms with Crippen LogP contribution in [0.15, 0.2) is 24.3 Å². The van der Waals surface area contributed by atoms with Gasteiger partial charge in [-0.25, -0.2) is 0 Å². The molecule has 0 saturated heterocycles. The molecule has 3 nitrogen and oxygen atoms in total. The Morgan fingerprint density at radius 1 is 1.20 bits per heavy atom. The molecule has 0 amide bonds. The van der Waals surface area contributed by atoms with E-state index in [1.54, 1.807) is 7.11 Å². The predicted molar refractivity (Wildman–Crippen MR) is 68.3 cm³/mol. The summed E-state index contributed by atoms with van der Waals surface area (Å²) < 4.78 is 5.05. The van der Waals surface area contributed by atoms with Crippen molar-refractivity contribution >= 4 is 24.8 Å². The van der Waals surface area contributed by atoms with E-state index in [0.717, 1.165) is 18.8 Å². The quantitative estimate of drug-likeness (QED) is 0.783. The van der Waals surface area contributed by atoms with Crippen LogP contribution in [0.1, 0.15) is 5.56 Å². The zero-order valence-electron chi connectivity index (χ0n) is 8.73. The van der Waals surface area contributed by atoms with E-state index in [2.05, 4.69) is 5.32 Å². The van der Waals surface area contributed by atoms with Gasteiger partial charge in [-0.3, -0.25) is 0 Å². The smallest absolute Gasteiger partial charge is 0.118 e. The van der Waals surface area contributed by atoms with E-state index in [1.807, 2.05) is 24.3 Å². The SMILES string of the molecule is COc1ccc(CNCCN)cc1.Cl.Cl. The first-order valence-corrected chi connectivity index (χ1v) is 4.40. The van der Waals surface area contributed by atoms with Gasteiger partial charge in [0.15, 0.2) is 0 Å². The van der Waals surface area contributed by atoms with Crippen LogP contribution < -0.4 is 15.8 Å². The summed E-state index contributed by atoms with van der Waals surface area (Å²) >= 11 is 0. The molecular formula is C10H18Cl2N2O. The molecule has 1 aromatic rings.